The molecule has 1 aromatic heterocycles. The number of ether oxygens (including phenoxy) is 1. The van der Waals surface area contributed by atoms with E-state index in [0.29, 0.717) is 17.9 Å². The van der Waals surface area contributed by atoms with Crippen LogP contribution in [0.4, 0.5) is 5.95 Å². The Bertz CT molecular complexity index is 413. The normalized spacial score (nSPS) is 27.9. The van der Waals surface area contributed by atoms with Gasteiger partial charge < -0.3 is 10.1 Å². The van der Waals surface area contributed by atoms with Gasteiger partial charge in [-0.25, -0.2) is 4.98 Å². The van der Waals surface area contributed by atoms with Crippen molar-refractivity contribution >= 4 is 21.9 Å². The van der Waals surface area contributed by atoms with Gasteiger partial charge in [0, 0.05) is 6.04 Å². The molecule has 0 bridgehead atoms. The van der Waals surface area contributed by atoms with Crippen molar-refractivity contribution in [1.29, 1.82) is 0 Å². The van der Waals surface area contributed by atoms with Gasteiger partial charge in [-0.1, -0.05) is 13.8 Å². The molecule has 1 fully saturated rings. The SMILES string of the molecule is COc1nc(NC2CCC(C)C(C)C2)ncc1Br. The lowest BCUT2D eigenvalue weighted by molar-refractivity contribution is 0.260. The number of nitrogens with one attached hydrogen (secondary N) is 1. The molecule has 0 aromatic carbocycles. The summed E-state index contributed by atoms with van der Waals surface area (Å²) in [6.45, 7) is 4.65. The largest absolute Gasteiger partial charge is 0.480 e. The molecule has 0 saturated heterocycles. The van der Waals surface area contributed by atoms with Crippen LogP contribution in [0.1, 0.15) is 33.1 Å². The molecule has 1 heterocycles. The molecule has 100 valence electrons. The Morgan fingerprint density at radius 3 is 2.78 bits per heavy atom. The van der Waals surface area contributed by atoms with Crippen molar-refractivity contribution in [2.75, 3.05) is 12.4 Å². The average Bonchev–Trinajstić information content (AvgIpc) is 2.36. The third kappa shape index (κ3) is 3.13. The van der Waals surface area contributed by atoms with Gasteiger partial charge in [0.05, 0.1) is 17.8 Å². The summed E-state index contributed by atoms with van der Waals surface area (Å²) in [7, 11) is 1.61. The summed E-state index contributed by atoms with van der Waals surface area (Å²) in [5.74, 6) is 2.81. The smallest absolute Gasteiger partial charge is 0.232 e. The molecule has 1 aliphatic carbocycles. The second-order valence-corrected chi connectivity index (χ2v) is 6.01. The first-order chi connectivity index (χ1) is 8.60. The van der Waals surface area contributed by atoms with Crippen molar-refractivity contribution in [3.05, 3.63) is 10.7 Å². The number of aromatic nitrogens is 2. The summed E-state index contributed by atoms with van der Waals surface area (Å²) >= 11 is 3.36. The molecule has 0 aliphatic heterocycles. The molecule has 3 atom stereocenters. The van der Waals surface area contributed by atoms with E-state index in [1.165, 1.54) is 19.3 Å². The van der Waals surface area contributed by atoms with E-state index in [9.17, 15) is 0 Å². The van der Waals surface area contributed by atoms with Crippen LogP contribution in [0.5, 0.6) is 5.88 Å². The Labute approximate surface area is 117 Å². The van der Waals surface area contributed by atoms with Crippen LogP contribution in [-0.4, -0.2) is 23.1 Å². The fourth-order valence-corrected chi connectivity index (χ4v) is 2.78. The third-order valence-electron chi connectivity index (χ3n) is 3.84. The highest BCUT2D eigenvalue weighted by Gasteiger charge is 2.24. The van der Waals surface area contributed by atoms with Crippen molar-refractivity contribution in [2.24, 2.45) is 11.8 Å². The van der Waals surface area contributed by atoms with E-state index in [4.69, 9.17) is 4.74 Å². The Morgan fingerprint density at radius 2 is 2.11 bits per heavy atom. The molecular formula is C13H20BrN3O. The minimum absolute atomic E-state index is 0.474. The number of anilines is 1. The second-order valence-electron chi connectivity index (χ2n) is 5.16. The zero-order valence-corrected chi connectivity index (χ0v) is 12.7. The number of halogens is 1. The van der Waals surface area contributed by atoms with Gasteiger partial charge in [-0.2, -0.15) is 4.98 Å². The van der Waals surface area contributed by atoms with Crippen molar-refractivity contribution in [1.82, 2.24) is 9.97 Å². The van der Waals surface area contributed by atoms with Crippen LogP contribution in [0.3, 0.4) is 0 Å². The van der Waals surface area contributed by atoms with E-state index in [1.807, 2.05) is 0 Å². The molecule has 3 unspecified atom stereocenters. The Balaban J connectivity index is 2.01. The van der Waals surface area contributed by atoms with Crippen LogP contribution >= 0.6 is 15.9 Å². The first-order valence-electron chi connectivity index (χ1n) is 6.43. The van der Waals surface area contributed by atoms with E-state index >= 15 is 0 Å². The number of rotatable bonds is 3. The third-order valence-corrected chi connectivity index (χ3v) is 4.38. The van der Waals surface area contributed by atoms with Crippen molar-refractivity contribution in [3.8, 4) is 5.88 Å². The summed E-state index contributed by atoms with van der Waals surface area (Å²) in [6, 6.07) is 0.474. The molecule has 0 radical (unpaired) electrons. The first kappa shape index (κ1) is 13.6. The highest BCUT2D eigenvalue weighted by molar-refractivity contribution is 9.10. The molecule has 0 spiro atoms. The summed E-state index contributed by atoms with van der Waals surface area (Å²) in [4.78, 5) is 8.61. The van der Waals surface area contributed by atoms with Gasteiger partial charge in [0.1, 0.15) is 0 Å². The zero-order valence-electron chi connectivity index (χ0n) is 11.1. The fourth-order valence-electron chi connectivity index (χ4n) is 2.43. The summed E-state index contributed by atoms with van der Waals surface area (Å²) in [5, 5.41) is 3.41. The molecule has 1 N–H and O–H groups in total. The van der Waals surface area contributed by atoms with Crippen LogP contribution < -0.4 is 10.1 Å². The van der Waals surface area contributed by atoms with Gasteiger partial charge in [0.2, 0.25) is 11.8 Å². The number of methoxy groups -OCH3 is 1. The quantitative estimate of drug-likeness (QED) is 0.928. The van der Waals surface area contributed by atoms with Crippen molar-refractivity contribution in [2.45, 2.75) is 39.2 Å². The van der Waals surface area contributed by atoms with E-state index in [2.05, 4.69) is 45.1 Å². The summed E-state index contributed by atoms with van der Waals surface area (Å²) in [5.41, 5.74) is 0. The van der Waals surface area contributed by atoms with Gasteiger partial charge >= 0.3 is 0 Å². The predicted octanol–water partition coefficient (Wildman–Crippen LogP) is 3.48. The zero-order chi connectivity index (χ0) is 13.1. The number of nitrogens with zero attached hydrogens (tertiary/aromatic N) is 2. The predicted molar refractivity (Wildman–Crippen MR) is 75.9 cm³/mol. The van der Waals surface area contributed by atoms with Crippen LogP contribution in [0.15, 0.2) is 10.7 Å². The molecular weight excluding hydrogens is 294 g/mol. The van der Waals surface area contributed by atoms with E-state index < -0.39 is 0 Å². The Kier molecular flexibility index (Phi) is 4.43. The molecule has 1 aliphatic rings. The van der Waals surface area contributed by atoms with E-state index in [0.717, 1.165) is 16.3 Å². The first-order valence-corrected chi connectivity index (χ1v) is 7.22. The highest BCUT2D eigenvalue weighted by atomic mass is 79.9. The lowest BCUT2D eigenvalue weighted by atomic mass is 9.79. The monoisotopic (exact) mass is 313 g/mol. The molecule has 4 nitrogen and oxygen atoms in total. The van der Waals surface area contributed by atoms with Gasteiger partial charge in [0.25, 0.3) is 0 Å². The van der Waals surface area contributed by atoms with Crippen LogP contribution in [0.25, 0.3) is 0 Å². The lowest BCUT2D eigenvalue weighted by Gasteiger charge is -2.32. The minimum atomic E-state index is 0.474. The van der Waals surface area contributed by atoms with Crippen molar-refractivity contribution < 1.29 is 4.74 Å². The minimum Gasteiger partial charge on any atom is -0.480 e. The van der Waals surface area contributed by atoms with Crippen molar-refractivity contribution in [3.63, 3.8) is 0 Å². The summed E-state index contributed by atoms with van der Waals surface area (Å²) in [6.07, 6.45) is 5.37. The molecule has 0 amide bonds. The molecule has 2 rings (SSSR count). The number of hydrogen-bond acceptors (Lipinski definition) is 4. The van der Waals surface area contributed by atoms with Crippen LogP contribution in [0, 0.1) is 11.8 Å². The molecule has 1 saturated carbocycles. The maximum atomic E-state index is 5.17. The van der Waals surface area contributed by atoms with Gasteiger partial charge in [0.15, 0.2) is 0 Å². The average molecular weight is 314 g/mol. The van der Waals surface area contributed by atoms with E-state index in [-0.39, 0.29) is 0 Å². The van der Waals surface area contributed by atoms with Crippen LogP contribution in [0.2, 0.25) is 0 Å². The highest BCUT2D eigenvalue weighted by Crippen LogP contribution is 2.31. The van der Waals surface area contributed by atoms with E-state index in [1.54, 1.807) is 13.3 Å². The standard InChI is InChI=1S/C13H20BrN3O/c1-8-4-5-10(6-9(8)2)16-13-15-7-11(14)12(17-13)18-3/h7-10H,4-6H2,1-3H3,(H,15,16,17). The molecule has 5 heteroatoms. The fraction of sp³-hybridized carbons (Fsp3) is 0.692. The van der Waals surface area contributed by atoms with Gasteiger partial charge in [-0.3, -0.25) is 0 Å². The number of hydrogen-bond donors (Lipinski definition) is 1. The lowest BCUT2D eigenvalue weighted by Crippen LogP contribution is -2.31. The van der Waals surface area contributed by atoms with Gasteiger partial charge in [-0.15, -0.1) is 0 Å². The topological polar surface area (TPSA) is 47.0 Å². The summed E-state index contributed by atoms with van der Waals surface area (Å²) < 4.78 is 5.95. The molecule has 18 heavy (non-hydrogen) atoms. The van der Waals surface area contributed by atoms with Crippen LogP contribution in [-0.2, 0) is 0 Å². The maximum Gasteiger partial charge on any atom is 0.232 e. The second kappa shape index (κ2) is 5.87. The van der Waals surface area contributed by atoms with Gasteiger partial charge in [-0.05, 0) is 47.0 Å². The Morgan fingerprint density at radius 1 is 1.33 bits per heavy atom. The Hall–Kier alpha value is -0.840. The molecule has 1 aromatic rings. The maximum absolute atomic E-state index is 5.17.